The van der Waals surface area contributed by atoms with E-state index in [4.69, 9.17) is 5.11 Å². The molecule has 0 unspecified atom stereocenters. The maximum atomic E-state index is 11.6. The molecule has 1 fully saturated rings. The minimum absolute atomic E-state index is 0.0354. The first-order valence-electron chi connectivity index (χ1n) is 5.37. The van der Waals surface area contributed by atoms with Gasteiger partial charge in [-0.3, -0.25) is 4.79 Å². The number of β-amino-alcohol motifs (C(OH)–C–C–N with tert-alkyl or cyclic N) is 1. The Bertz CT molecular complexity index is 420. The van der Waals surface area contributed by atoms with Crippen molar-refractivity contribution in [3.63, 3.8) is 0 Å². The van der Waals surface area contributed by atoms with Crippen LogP contribution >= 0.6 is 0 Å². The molecule has 1 saturated heterocycles. The summed E-state index contributed by atoms with van der Waals surface area (Å²) in [6, 6.07) is 7.97. The molecule has 3 nitrogen and oxygen atoms in total. The molecule has 0 aromatic heterocycles. The lowest BCUT2D eigenvalue weighted by molar-refractivity contribution is -0.135. The average Bonchev–Trinajstić information content (AvgIpc) is 2.22. The van der Waals surface area contributed by atoms with E-state index in [1.165, 1.54) is 5.56 Å². The lowest BCUT2D eigenvalue weighted by Crippen LogP contribution is -2.52. The van der Waals surface area contributed by atoms with Gasteiger partial charge >= 0.3 is 0 Å². The maximum absolute atomic E-state index is 11.6. The molecule has 16 heavy (non-hydrogen) atoms. The van der Waals surface area contributed by atoms with Crippen LogP contribution in [-0.4, -0.2) is 35.1 Å². The topological polar surface area (TPSA) is 40.5 Å². The maximum Gasteiger partial charge on any atom is 0.246 e. The minimum Gasteiger partial charge on any atom is -0.389 e. The second-order valence-electron chi connectivity index (χ2n) is 4.14. The number of nitrogens with zero attached hydrogens (tertiary/aromatic N) is 1. The number of rotatable bonds is 2. The summed E-state index contributed by atoms with van der Waals surface area (Å²) >= 11 is 0. The fourth-order valence-corrected chi connectivity index (χ4v) is 1.68. The van der Waals surface area contributed by atoms with Gasteiger partial charge in [0, 0.05) is 19.2 Å². The molecule has 1 heterocycles. The SMILES string of the molecule is Cc1cccc(/C=C/C(=O)N2CC(O)C2)c1. The fourth-order valence-electron chi connectivity index (χ4n) is 1.68. The van der Waals surface area contributed by atoms with E-state index in [0.717, 1.165) is 5.56 Å². The lowest BCUT2D eigenvalue weighted by atomic mass is 10.1. The molecule has 0 atom stereocenters. The number of aliphatic hydroxyl groups excluding tert-OH is 1. The van der Waals surface area contributed by atoms with Gasteiger partial charge in [-0.15, -0.1) is 0 Å². The highest BCUT2D eigenvalue weighted by Gasteiger charge is 2.26. The quantitative estimate of drug-likeness (QED) is 0.756. The molecule has 1 aliphatic rings. The summed E-state index contributed by atoms with van der Waals surface area (Å²) in [5, 5.41) is 9.07. The van der Waals surface area contributed by atoms with Gasteiger partial charge < -0.3 is 10.0 Å². The predicted molar refractivity (Wildman–Crippen MR) is 62.8 cm³/mol. The standard InChI is InChI=1S/C13H15NO2/c1-10-3-2-4-11(7-10)5-6-13(16)14-8-12(15)9-14/h2-7,12,15H,8-9H2,1H3/b6-5+. The zero-order valence-corrected chi connectivity index (χ0v) is 9.26. The van der Waals surface area contributed by atoms with E-state index >= 15 is 0 Å². The van der Waals surface area contributed by atoms with Crippen molar-refractivity contribution in [1.29, 1.82) is 0 Å². The molecule has 84 valence electrons. The zero-order valence-electron chi connectivity index (χ0n) is 9.26. The third-order valence-corrected chi connectivity index (χ3v) is 2.63. The number of benzene rings is 1. The van der Waals surface area contributed by atoms with Gasteiger partial charge in [0.2, 0.25) is 5.91 Å². The van der Waals surface area contributed by atoms with Gasteiger partial charge in [0.1, 0.15) is 0 Å². The summed E-state index contributed by atoms with van der Waals surface area (Å²) < 4.78 is 0. The first-order chi connectivity index (χ1) is 7.65. The smallest absolute Gasteiger partial charge is 0.246 e. The van der Waals surface area contributed by atoms with Crippen molar-refractivity contribution >= 4 is 12.0 Å². The van der Waals surface area contributed by atoms with Crippen molar-refractivity contribution in [3.05, 3.63) is 41.5 Å². The first-order valence-corrected chi connectivity index (χ1v) is 5.37. The number of hydrogen-bond acceptors (Lipinski definition) is 2. The van der Waals surface area contributed by atoms with Crippen LogP contribution in [0.4, 0.5) is 0 Å². The molecule has 0 spiro atoms. The fraction of sp³-hybridized carbons (Fsp3) is 0.308. The number of hydrogen-bond donors (Lipinski definition) is 1. The molecular formula is C13H15NO2. The number of aliphatic hydroxyl groups is 1. The van der Waals surface area contributed by atoms with E-state index in [2.05, 4.69) is 0 Å². The highest BCUT2D eigenvalue weighted by atomic mass is 16.3. The molecule has 1 amide bonds. The minimum atomic E-state index is -0.337. The predicted octanol–water partition coefficient (Wildman–Crippen LogP) is 1.21. The summed E-state index contributed by atoms with van der Waals surface area (Å²) in [5.41, 5.74) is 2.20. The van der Waals surface area contributed by atoms with Crippen LogP contribution in [0.3, 0.4) is 0 Å². The molecule has 0 saturated carbocycles. The van der Waals surface area contributed by atoms with Crippen molar-refractivity contribution < 1.29 is 9.90 Å². The van der Waals surface area contributed by atoms with E-state index in [0.29, 0.717) is 13.1 Å². The normalized spacial score (nSPS) is 16.5. The van der Waals surface area contributed by atoms with Gasteiger partial charge in [-0.1, -0.05) is 29.8 Å². The Morgan fingerprint density at radius 3 is 2.88 bits per heavy atom. The summed E-state index contributed by atoms with van der Waals surface area (Å²) in [4.78, 5) is 13.2. The third kappa shape index (κ3) is 2.49. The molecule has 1 aromatic carbocycles. The Morgan fingerprint density at radius 2 is 2.25 bits per heavy atom. The second-order valence-corrected chi connectivity index (χ2v) is 4.14. The summed E-state index contributed by atoms with van der Waals surface area (Å²) in [6.45, 7) is 2.93. The van der Waals surface area contributed by atoms with Crippen molar-refractivity contribution in [2.45, 2.75) is 13.0 Å². The average molecular weight is 217 g/mol. The van der Waals surface area contributed by atoms with Crippen LogP contribution < -0.4 is 0 Å². The molecule has 1 aliphatic heterocycles. The van der Waals surface area contributed by atoms with Crippen LogP contribution in [0.2, 0.25) is 0 Å². The zero-order chi connectivity index (χ0) is 11.5. The van der Waals surface area contributed by atoms with Crippen molar-refractivity contribution in [3.8, 4) is 0 Å². The van der Waals surface area contributed by atoms with E-state index < -0.39 is 0 Å². The third-order valence-electron chi connectivity index (χ3n) is 2.63. The Balaban J connectivity index is 1.96. The molecular weight excluding hydrogens is 202 g/mol. The lowest BCUT2D eigenvalue weighted by Gasteiger charge is -2.34. The van der Waals surface area contributed by atoms with Gasteiger partial charge in [0.15, 0.2) is 0 Å². The number of carbonyl (C=O) groups is 1. The van der Waals surface area contributed by atoms with Crippen molar-refractivity contribution in [1.82, 2.24) is 4.90 Å². The second kappa shape index (κ2) is 4.49. The van der Waals surface area contributed by atoms with E-state index in [9.17, 15) is 4.79 Å². The number of likely N-dealkylation sites (tertiary alicyclic amines) is 1. The van der Waals surface area contributed by atoms with Crippen LogP contribution in [0.1, 0.15) is 11.1 Å². The largest absolute Gasteiger partial charge is 0.389 e. The van der Waals surface area contributed by atoms with Gasteiger partial charge in [0.05, 0.1) is 6.10 Å². The molecule has 0 aliphatic carbocycles. The van der Waals surface area contributed by atoms with E-state index in [1.807, 2.05) is 31.2 Å². The first kappa shape index (κ1) is 10.9. The molecule has 1 aromatic rings. The van der Waals surface area contributed by atoms with Crippen LogP contribution in [0, 0.1) is 6.92 Å². The van der Waals surface area contributed by atoms with Crippen LogP contribution in [-0.2, 0) is 4.79 Å². The van der Waals surface area contributed by atoms with E-state index in [-0.39, 0.29) is 12.0 Å². The molecule has 2 rings (SSSR count). The number of carbonyl (C=O) groups excluding carboxylic acids is 1. The van der Waals surface area contributed by atoms with Gasteiger partial charge in [-0.25, -0.2) is 0 Å². The van der Waals surface area contributed by atoms with Crippen molar-refractivity contribution in [2.75, 3.05) is 13.1 Å². The highest BCUT2D eigenvalue weighted by Crippen LogP contribution is 2.10. The Kier molecular flexibility index (Phi) is 3.06. The van der Waals surface area contributed by atoms with Gasteiger partial charge in [-0.05, 0) is 18.6 Å². The number of amides is 1. The van der Waals surface area contributed by atoms with Gasteiger partial charge in [-0.2, -0.15) is 0 Å². The summed E-state index contributed by atoms with van der Waals surface area (Å²) in [5.74, 6) is -0.0354. The highest BCUT2D eigenvalue weighted by molar-refractivity contribution is 5.92. The Morgan fingerprint density at radius 1 is 1.50 bits per heavy atom. The molecule has 3 heteroatoms. The van der Waals surface area contributed by atoms with Crippen LogP contribution in [0.15, 0.2) is 30.3 Å². The molecule has 1 N–H and O–H groups in total. The summed E-state index contributed by atoms with van der Waals surface area (Å²) in [7, 11) is 0. The van der Waals surface area contributed by atoms with Crippen LogP contribution in [0.25, 0.3) is 6.08 Å². The monoisotopic (exact) mass is 217 g/mol. The Labute approximate surface area is 95.0 Å². The Hall–Kier alpha value is -1.61. The van der Waals surface area contributed by atoms with Gasteiger partial charge in [0.25, 0.3) is 0 Å². The molecule has 0 bridgehead atoms. The van der Waals surface area contributed by atoms with E-state index in [1.54, 1.807) is 17.1 Å². The van der Waals surface area contributed by atoms with Crippen molar-refractivity contribution in [2.24, 2.45) is 0 Å². The molecule has 0 radical (unpaired) electrons. The number of aryl methyl sites for hydroxylation is 1. The van der Waals surface area contributed by atoms with Crippen LogP contribution in [0.5, 0.6) is 0 Å². The summed E-state index contributed by atoms with van der Waals surface area (Å²) in [6.07, 6.45) is 3.03.